The van der Waals surface area contributed by atoms with Crippen molar-refractivity contribution in [2.45, 2.75) is 20.0 Å². The van der Waals surface area contributed by atoms with Gasteiger partial charge in [-0.15, -0.1) is 0 Å². The summed E-state index contributed by atoms with van der Waals surface area (Å²) in [6, 6.07) is 12.2. The van der Waals surface area contributed by atoms with Crippen molar-refractivity contribution < 1.29 is 9.84 Å². The molecule has 0 saturated heterocycles. The maximum atomic E-state index is 9.48. The number of benzene rings is 2. The van der Waals surface area contributed by atoms with E-state index in [-0.39, 0.29) is 0 Å². The van der Waals surface area contributed by atoms with Crippen molar-refractivity contribution in [2.75, 3.05) is 7.11 Å². The van der Waals surface area contributed by atoms with E-state index in [4.69, 9.17) is 4.74 Å². The van der Waals surface area contributed by atoms with Gasteiger partial charge in [0.05, 0.1) is 13.2 Å². The van der Waals surface area contributed by atoms with E-state index in [9.17, 15) is 5.11 Å². The van der Waals surface area contributed by atoms with Crippen LogP contribution < -0.4 is 4.74 Å². The van der Waals surface area contributed by atoms with E-state index in [1.807, 2.05) is 37.3 Å². The Balaban J connectivity index is 2.42. The molecule has 1 atom stereocenters. The first kappa shape index (κ1) is 12.7. The second-order valence-corrected chi connectivity index (χ2v) is 4.54. The number of rotatable bonds is 3. The van der Waals surface area contributed by atoms with Gasteiger partial charge >= 0.3 is 0 Å². The second-order valence-electron chi connectivity index (χ2n) is 4.54. The number of fused-ring (bicyclic) bond motifs is 1. The van der Waals surface area contributed by atoms with Crippen LogP contribution in [0.1, 0.15) is 19.4 Å². The Labute approximate surface area is 108 Å². The molecule has 2 nitrogen and oxygen atoms in total. The highest BCUT2D eigenvalue weighted by molar-refractivity contribution is 5.86. The third-order valence-corrected chi connectivity index (χ3v) is 3.12. The lowest BCUT2D eigenvalue weighted by Crippen LogP contribution is -2.00. The molecule has 0 aliphatic rings. The van der Waals surface area contributed by atoms with Crippen LogP contribution in [0.3, 0.4) is 0 Å². The number of aliphatic hydroxyl groups excluding tert-OH is 1. The predicted molar refractivity (Wildman–Crippen MR) is 75.8 cm³/mol. The average Bonchev–Trinajstić information content (AvgIpc) is 2.37. The Morgan fingerprint density at radius 2 is 1.83 bits per heavy atom. The van der Waals surface area contributed by atoms with Crippen LogP contribution in [0.5, 0.6) is 5.75 Å². The third kappa shape index (κ3) is 2.71. The molecule has 0 aromatic heterocycles. The molecule has 0 bridgehead atoms. The molecule has 2 aromatic rings. The first-order chi connectivity index (χ1) is 8.60. The second kappa shape index (κ2) is 5.23. The Hall–Kier alpha value is -1.80. The Morgan fingerprint density at radius 3 is 2.50 bits per heavy atom. The van der Waals surface area contributed by atoms with Gasteiger partial charge in [-0.3, -0.25) is 0 Å². The van der Waals surface area contributed by atoms with Crippen molar-refractivity contribution in [2.24, 2.45) is 0 Å². The standard InChI is InChI=1S/C16H18O2/c1-11(12(2)17)8-13-4-5-15-10-16(18-3)7-6-14(15)9-13/h4-10,12,17H,1-3H3/b11-8-. The fourth-order valence-electron chi connectivity index (χ4n) is 1.84. The van der Waals surface area contributed by atoms with E-state index in [2.05, 4.69) is 12.1 Å². The quantitative estimate of drug-likeness (QED) is 0.890. The highest BCUT2D eigenvalue weighted by atomic mass is 16.5. The molecule has 0 fully saturated rings. The lowest BCUT2D eigenvalue weighted by Gasteiger charge is -2.06. The van der Waals surface area contributed by atoms with Crippen LogP contribution >= 0.6 is 0 Å². The lowest BCUT2D eigenvalue weighted by atomic mass is 10.0. The minimum absolute atomic E-state index is 0.406. The van der Waals surface area contributed by atoms with Crippen molar-refractivity contribution in [3.05, 3.63) is 47.5 Å². The van der Waals surface area contributed by atoms with Crippen LogP contribution in [0.25, 0.3) is 16.8 Å². The Kier molecular flexibility index (Phi) is 3.68. The Morgan fingerprint density at radius 1 is 1.17 bits per heavy atom. The average molecular weight is 242 g/mol. The van der Waals surface area contributed by atoms with Crippen molar-refractivity contribution >= 4 is 16.8 Å². The summed E-state index contributed by atoms with van der Waals surface area (Å²) in [4.78, 5) is 0. The van der Waals surface area contributed by atoms with Gasteiger partial charge in [0, 0.05) is 0 Å². The molecule has 2 aromatic carbocycles. The molecular weight excluding hydrogens is 224 g/mol. The van der Waals surface area contributed by atoms with Crippen molar-refractivity contribution in [1.29, 1.82) is 0 Å². The van der Waals surface area contributed by atoms with Crippen LogP contribution in [0.15, 0.2) is 42.0 Å². The molecule has 0 amide bonds. The summed E-state index contributed by atoms with van der Waals surface area (Å²) in [5.41, 5.74) is 2.06. The van der Waals surface area contributed by atoms with E-state index in [1.165, 1.54) is 5.39 Å². The highest BCUT2D eigenvalue weighted by Gasteiger charge is 2.00. The highest BCUT2D eigenvalue weighted by Crippen LogP contribution is 2.23. The summed E-state index contributed by atoms with van der Waals surface area (Å²) in [6.07, 6.45) is 1.60. The van der Waals surface area contributed by atoms with Gasteiger partial charge in [-0.25, -0.2) is 0 Å². The number of hydrogen-bond acceptors (Lipinski definition) is 2. The van der Waals surface area contributed by atoms with Gasteiger partial charge in [-0.05, 0) is 54.0 Å². The minimum Gasteiger partial charge on any atom is -0.497 e. The van der Waals surface area contributed by atoms with Crippen LogP contribution in [0.2, 0.25) is 0 Å². The maximum Gasteiger partial charge on any atom is 0.119 e. The first-order valence-electron chi connectivity index (χ1n) is 6.04. The molecule has 0 heterocycles. The normalized spacial score (nSPS) is 13.7. The number of methoxy groups -OCH3 is 1. The minimum atomic E-state index is -0.406. The van der Waals surface area contributed by atoms with E-state index in [0.717, 1.165) is 22.3 Å². The van der Waals surface area contributed by atoms with Gasteiger partial charge in [0.25, 0.3) is 0 Å². The predicted octanol–water partition coefficient (Wildman–Crippen LogP) is 3.63. The fraction of sp³-hybridized carbons (Fsp3) is 0.250. The van der Waals surface area contributed by atoms with E-state index in [0.29, 0.717) is 0 Å². The van der Waals surface area contributed by atoms with Gasteiger partial charge < -0.3 is 9.84 Å². The summed E-state index contributed by atoms with van der Waals surface area (Å²) >= 11 is 0. The SMILES string of the molecule is COc1ccc2cc(/C=C(/C)C(C)O)ccc2c1. The summed E-state index contributed by atoms with van der Waals surface area (Å²) in [6.45, 7) is 3.71. The van der Waals surface area contributed by atoms with Gasteiger partial charge in [0.2, 0.25) is 0 Å². The smallest absolute Gasteiger partial charge is 0.119 e. The number of hydrogen-bond donors (Lipinski definition) is 1. The topological polar surface area (TPSA) is 29.5 Å². The van der Waals surface area contributed by atoms with Gasteiger partial charge in [0.15, 0.2) is 0 Å². The molecule has 1 unspecified atom stereocenters. The van der Waals surface area contributed by atoms with Crippen LogP contribution in [0.4, 0.5) is 0 Å². The molecular formula is C16H18O2. The zero-order valence-electron chi connectivity index (χ0n) is 11.0. The van der Waals surface area contributed by atoms with Crippen LogP contribution in [-0.2, 0) is 0 Å². The largest absolute Gasteiger partial charge is 0.497 e. The summed E-state index contributed by atoms with van der Waals surface area (Å²) in [5.74, 6) is 0.867. The number of aliphatic hydroxyl groups is 1. The van der Waals surface area contributed by atoms with Crippen molar-refractivity contribution in [1.82, 2.24) is 0 Å². The van der Waals surface area contributed by atoms with Gasteiger partial charge in [-0.2, -0.15) is 0 Å². The summed E-state index contributed by atoms with van der Waals surface area (Å²) in [7, 11) is 1.67. The summed E-state index contributed by atoms with van der Waals surface area (Å²) in [5, 5.41) is 11.8. The monoisotopic (exact) mass is 242 g/mol. The molecule has 94 valence electrons. The zero-order chi connectivity index (χ0) is 13.1. The van der Waals surface area contributed by atoms with Crippen LogP contribution in [0, 0.1) is 0 Å². The molecule has 2 heteroatoms. The molecule has 0 radical (unpaired) electrons. The van der Waals surface area contributed by atoms with E-state index < -0.39 is 6.10 Å². The van der Waals surface area contributed by atoms with Gasteiger partial charge in [-0.1, -0.05) is 24.3 Å². The molecule has 0 aliphatic carbocycles. The zero-order valence-corrected chi connectivity index (χ0v) is 11.0. The molecule has 0 spiro atoms. The van der Waals surface area contributed by atoms with Crippen molar-refractivity contribution in [3.8, 4) is 5.75 Å². The van der Waals surface area contributed by atoms with Crippen molar-refractivity contribution in [3.63, 3.8) is 0 Å². The molecule has 0 saturated carbocycles. The molecule has 1 N–H and O–H groups in total. The van der Waals surface area contributed by atoms with E-state index in [1.54, 1.807) is 14.0 Å². The maximum absolute atomic E-state index is 9.48. The summed E-state index contributed by atoms with van der Waals surface area (Å²) < 4.78 is 5.20. The molecule has 18 heavy (non-hydrogen) atoms. The molecule has 2 rings (SSSR count). The number of ether oxygens (including phenoxy) is 1. The first-order valence-corrected chi connectivity index (χ1v) is 6.04. The lowest BCUT2D eigenvalue weighted by molar-refractivity contribution is 0.232. The Bertz CT molecular complexity index is 583. The van der Waals surface area contributed by atoms with E-state index >= 15 is 0 Å². The van der Waals surface area contributed by atoms with Crippen LogP contribution in [-0.4, -0.2) is 18.3 Å². The fourth-order valence-corrected chi connectivity index (χ4v) is 1.84. The molecule has 0 aliphatic heterocycles. The third-order valence-electron chi connectivity index (χ3n) is 3.12. The van der Waals surface area contributed by atoms with Gasteiger partial charge in [0.1, 0.15) is 5.75 Å².